The van der Waals surface area contributed by atoms with Gasteiger partial charge in [-0.15, -0.1) is 0 Å². The number of nitrogens with zero attached hydrogens (tertiary/aromatic N) is 1. The summed E-state index contributed by atoms with van der Waals surface area (Å²) in [5.41, 5.74) is 6.47. The lowest BCUT2D eigenvalue weighted by Crippen LogP contribution is -2.58. The third kappa shape index (κ3) is 1.95. The van der Waals surface area contributed by atoms with Crippen LogP contribution >= 0.6 is 0 Å². The summed E-state index contributed by atoms with van der Waals surface area (Å²) in [4.78, 5) is 2.39. The van der Waals surface area contributed by atoms with Crippen molar-refractivity contribution in [2.45, 2.75) is 44.8 Å². The van der Waals surface area contributed by atoms with Crippen molar-refractivity contribution in [2.24, 2.45) is 11.1 Å². The van der Waals surface area contributed by atoms with Crippen LogP contribution in [0.5, 0.6) is 0 Å². The molecule has 14 heavy (non-hydrogen) atoms. The van der Waals surface area contributed by atoms with Gasteiger partial charge in [-0.05, 0) is 25.2 Å². The van der Waals surface area contributed by atoms with Gasteiger partial charge in [0.25, 0.3) is 0 Å². The first kappa shape index (κ1) is 10.4. The first-order valence-electron chi connectivity index (χ1n) is 5.77. The molecular formula is C11H22N2O. The van der Waals surface area contributed by atoms with Gasteiger partial charge >= 0.3 is 0 Å². The zero-order valence-electron chi connectivity index (χ0n) is 9.08. The minimum absolute atomic E-state index is 0.0752. The third-order valence-electron chi connectivity index (χ3n) is 3.87. The van der Waals surface area contributed by atoms with E-state index in [0.717, 1.165) is 6.54 Å². The number of hydrogen-bond donors (Lipinski definition) is 2. The summed E-state index contributed by atoms with van der Waals surface area (Å²) < 4.78 is 0. The fourth-order valence-electron chi connectivity index (χ4n) is 2.92. The Hall–Kier alpha value is -0.120. The van der Waals surface area contributed by atoms with Crippen molar-refractivity contribution < 1.29 is 5.11 Å². The van der Waals surface area contributed by atoms with E-state index in [2.05, 4.69) is 4.90 Å². The van der Waals surface area contributed by atoms with Crippen LogP contribution in [0.25, 0.3) is 0 Å². The van der Waals surface area contributed by atoms with Crippen molar-refractivity contribution in [2.75, 3.05) is 19.6 Å². The molecule has 1 aliphatic heterocycles. The molecule has 2 rings (SSSR count). The molecule has 1 saturated carbocycles. The van der Waals surface area contributed by atoms with Crippen LogP contribution in [-0.4, -0.2) is 41.8 Å². The van der Waals surface area contributed by atoms with E-state index in [1.165, 1.54) is 38.8 Å². The Bertz CT molecular complexity index is 189. The molecule has 2 unspecified atom stereocenters. The van der Waals surface area contributed by atoms with Gasteiger partial charge in [-0.3, -0.25) is 0 Å². The van der Waals surface area contributed by atoms with Crippen molar-refractivity contribution in [1.82, 2.24) is 4.90 Å². The summed E-state index contributed by atoms with van der Waals surface area (Å²) in [6.07, 6.45) is 5.27. The molecule has 0 amide bonds. The molecule has 1 heterocycles. The van der Waals surface area contributed by atoms with Crippen molar-refractivity contribution in [1.29, 1.82) is 0 Å². The van der Waals surface area contributed by atoms with Crippen molar-refractivity contribution in [3.05, 3.63) is 0 Å². The molecule has 2 atom stereocenters. The van der Waals surface area contributed by atoms with E-state index in [1.54, 1.807) is 6.92 Å². The molecule has 82 valence electrons. The van der Waals surface area contributed by atoms with Crippen LogP contribution in [0.1, 0.15) is 32.6 Å². The molecule has 1 saturated heterocycles. The summed E-state index contributed by atoms with van der Waals surface area (Å²) in [6.45, 7) is 5.07. The Balaban J connectivity index is 1.72. The Morgan fingerprint density at radius 2 is 1.93 bits per heavy atom. The van der Waals surface area contributed by atoms with E-state index in [9.17, 15) is 5.11 Å². The highest BCUT2D eigenvalue weighted by molar-refractivity contribution is 4.98. The number of nitrogens with two attached hydrogens (primary N) is 1. The van der Waals surface area contributed by atoms with Crippen LogP contribution < -0.4 is 5.73 Å². The van der Waals surface area contributed by atoms with Crippen LogP contribution in [0, 0.1) is 5.41 Å². The van der Waals surface area contributed by atoms with Crippen LogP contribution in [0.2, 0.25) is 0 Å². The second-order valence-corrected chi connectivity index (χ2v) is 5.28. The summed E-state index contributed by atoms with van der Waals surface area (Å²) in [6, 6.07) is -0.0752. The Kier molecular flexibility index (Phi) is 2.82. The summed E-state index contributed by atoms with van der Waals surface area (Å²) >= 11 is 0. The lowest BCUT2D eigenvalue weighted by atomic mass is 9.78. The maximum Gasteiger partial charge on any atom is 0.0675 e. The Labute approximate surface area is 86.3 Å². The predicted molar refractivity (Wildman–Crippen MR) is 57.0 cm³/mol. The van der Waals surface area contributed by atoms with Gasteiger partial charge in [0.2, 0.25) is 0 Å². The van der Waals surface area contributed by atoms with Crippen molar-refractivity contribution >= 4 is 0 Å². The first-order valence-corrected chi connectivity index (χ1v) is 5.77. The monoisotopic (exact) mass is 198 g/mol. The zero-order valence-corrected chi connectivity index (χ0v) is 9.08. The van der Waals surface area contributed by atoms with E-state index in [-0.39, 0.29) is 12.1 Å². The molecule has 2 fully saturated rings. The van der Waals surface area contributed by atoms with Gasteiger partial charge < -0.3 is 15.7 Å². The topological polar surface area (TPSA) is 49.5 Å². The molecule has 0 radical (unpaired) electrons. The second-order valence-electron chi connectivity index (χ2n) is 5.28. The Morgan fingerprint density at radius 3 is 2.43 bits per heavy atom. The molecule has 3 N–H and O–H groups in total. The van der Waals surface area contributed by atoms with Gasteiger partial charge in [-0.1, -0.05) is 12.8 Å². The van der Waals surface area contributed by atoms with E-state index >= 15 is 0 Å². The van der Waals surface area contributed by atoms with Gasteiger partial charge in [-0.2, -0.15) is 0 Å². The maximum absolute atomic E-state index is 9.29. The molecular weight excluding hydrogens is 176 g/mol. The minimum atomic E-state index is -0.380. The van der Waals surface area contributed by atoms with Gasteiger partial charge in [-0.25, -0.2) is 0 Å². The molecule has 1 spiro atoms. The average molecular weight is 198 g/mol. The number of hydrogen-bond acceptors (Lipinski definition) is 3. The molecule has 1 aliphatic carbocycles. The van der Waals surface area contributed by atoms with Gasteiger partial charge in [0, 0.05) is 25.7 Å². The molecule has 3 heteroatoms. The highest BCUT2D eigenvalue weighted by Crippen LogP contribution is 2.45. The quantitative estimate of drug-likeness (QED) is 0.697. The van der Waals surface area contributed by atoms with E-state index < -0.39 is 0 Å². The van der Waals surface area contributed by atoms with Crippen LogP contribution in [0.4, 0.5) is 0 Å². The fourth-order valence-corrected chi connectivity index (χ4v) is 2.92. The largest absolute Gasteiger partial charge is 0.392 e. The van der Waals surface area contributed by atoms with Gasteiger partial charge in [0.15, 0.2) is 0 Å². The van der Waals surface area contributed by atoms with Gasteiger partial charge in [0.05, 0.1) is 6.10 Å². The number of aliphatic hydroxyl groups is 1. The van der Waals surface area contributed by atoms with Crippen LogP contribution in [0.15, 0.2) is 0 Å². The third-order valence-corrected chi connectivity index (χ3v) is 3.87. The van der Waals surface area contributed by atoms with E-state index in [4.69, 9.17) is 5.73 Å². The van der Waals surface area contributed by atoms with E-state index in [0.29, 0.717) is 5.41 Å². The second kappa shape index (κ2) is 3.80. The average Bonchev–Trinajstić information content (AvgIpc) is 2.51. The highest BCUT2D eigenvalue weighted by Gasteiger charge is 2.44. The molecule has 0 aromatic rings. The van der Waals surface area contributed by atoms with E-state index in [1.807, 2.05) is 0 Å². The van der Waals surface area contributed by atoms with Crippen molar-refractivity contribution in [3.8, 4) is 0 Å². The molecule has 3 nitrogen and oxygen atoms in total. The summed E-state index contributed by atoms with van der Waals surface area (Å²) in [7, 11) is 0. The standard InChI is InChI=1S/C11H22N2O/c1-9(14)10(12)6-13-7-11(8-13)4-2-3-5-11/h9-10,14H,2-8,12H2,1H3. The fraction of sp³-hybridized carbons (Fsp3) is 1.00. The van der Waals surface area contributed by atoms with Crippen LogP contribution in [-0.2, 0) is 0 Å². The number of likely N-dealkylation sites (tertiary alicyclic amines) is 1. The normalized spacial score (nSPS) is 30.2. The Morgan fingerprint density at radius 1 is 1.36 bits per heavy atom. The van der Waals surface area contributed by atoms with Crippen molar-refractivity contribution in [3.63, 3.8) is 0 Å². The molecule has 0 aromatic carbocycles. The zero-order chi connectivity index (χ0) is 10.2. The smallest absolute Gasteiger partial charge is 0.0675 e. The lowest BCUT2D eigenvalue weighted by molar-refractivity contribution is -0.00797. The number of rotatable bonds is 3. The minimum Gasteiger partial charge on any atom is -0.392 e. The molecule has 0 aromatic heterocycles. The lowest BCUT2D eigenvalue weighted by Gasteiger charge is -2.49. The first-order chi connectivity index (χ1) is 6.61. The maximum atomic E-state index is 9.29. The van der Waals surface area contributed by atoms with Gasteiger partial charge in [0.1, 0.15) is 0 Å². The summed E-state index contributed by atoms with van der Waals surface area (Å²) in [5, 5.41) is 9.29. The molecule has 0 bridgehead atoms. The highest BCUT2D eigenvalue weighted by atomic mass is 16.3. The number of aliphatic hydroxyl groups excluding tert-OH is 1. The molecule has 2 aliphatic rings. The SMILES string of the molecule is CC(O)C(N)CN1CC2(CCCC2)C1. The predicted octanol–water partition coefficient (Wildman–Crippen LogP) is 0.570. The summed E-state index contributed by atoms with van der Waals surface area (Å²) in [5.74, 6) is 0. The van der Waals surface area contributed by atoms with Crippen LogP contribution in [0.3, 0.4) is 0 Å².